The Kier molecular flexibility index (Phi) is 6.66. The Bertz CT molecular complexity index is 804. The largest absolute Gasteiger partial charge is 0.417 e. The zero-order chi connectivity index (χ0) is 20.2. The zero-order valence-corrected chi connectivity index (χ0v) is 14.4. The molecule has 2 atom stereocenters. The number of amides is 1. The van der Waals surface area contributed by atoms with Crippen molar-refractivity contribution in [2.75, 3.05) is 0 Å². The maximum atomic E-state index is 13.3. The molecule has 2 unspecified atom stereocenters. The molecule has 0 bridgehead atoms. The first-order valence-corrected chi connectivity index (χ1v) is 7.87. The van der Waals surface area contributed by atoms with Crippen molar-refractivity contribution in [2.24, 2.45) is 0 Å². The van der Waals surface area contributed by atoms with E-state index in [-0.39, 0.29) is 10.8 Å². The standard InChI is InChI=1S/C16H13ClF5N3O2/c1-8(11-13(17)24-7-6-23-11)12(14(18)19)27-25-15(26)9-4-2-3-5-10(9)16(20,21)22/h2-8,12,14H,1H3,(H,25,26). The maximum absolute atomic E-state index is 13.3. The molecule has 146 valence electrons. The topological polar surface area (TPSA) is 64.1 Å². The van der Waals surface area contributed by atoms with Crippen molar-refractivity contribution in [3.8, 4) is 0 Å². The monoisotopic (exact) mass is 409 g/mol. The van der Waals surface area contributed by atoms with E-state index in [0.717, 1.165) is 12.1 Å². The SMILES string of the molecule is CC(c1nccnc1Cl)C(ONC(=O)c1ccccc1C(F)(F)F)C(F)F. The van der Waals surface area contributed by atoms with Gasteiger partial charge in [0, 0.05) is 18.3 Å². The van der Waals surface area contributed by atoms with E-state index >= 15 is 0 Å². The Balaban J connectivity index is 2.18. The smallest absolute Gasteiger partial charge is 0.267 e. The van der Waals surface area contributed by atoms with Gasteiger partial charge in [-0.05, 0) is 12.1 Å². The molecule has 0 spiro atoms. The van der Waals surface area contributed by atoms with E-state index in [9.17, 15) is 26.7 Å². The minimum absolute atomic E-state index is 0.00518. The molecule has 0 radical (unpaired) electrons. The second-order valence-electron chi connectivity index (χ2n) is 5.41. The summed E-state index contributed by atoms with van der Waals surface area (Å²) in [5, 5.41) is -0.131. The van der Waals surface area contributed by atoms with Crippen molar-refractivity contribution in [1.29, 1.82) is 0 Å². The summed E-state index contributed by atoms with van der Waals surface area (Å²) < 4.78 is 65.6. The quantitative estimate of drug-likeness (QED) is 0.572. The number of hydroxylamine groups is 1. The van der Waals surface area contributed by atoms with Crippen LogP contribution < -0.4 is 5.48 Å². The number of hydrogen-bond donors (Lipinski definition) is 1. The van der Waals surface area contributed by atoms with Crippen molar-refractivity contribution in [1.82, 2.24) is 15.4 Å². The lowest BCUT2D eigenvalue weighted by molar-refractivity contribution is -0.138. The molecule has 5 nitrogen and oxygen atoms in total. The molecular formula is C16H13ClF5N3O2. The first kappa shape index (κ1) is 21.0. The van der Waals surface area contributed by atoms with Crippen LogP contribution in [-0.4, -0.2) is 28.4 Å². The van der Waals surface area contributed by atoms with E-state index in [1.54, 1.807) is 5.48 Å². The summed E-state index contributed by atoms with van der Waals surface area (Å²) in [7, 11) is 0. The average molecular weight is 410 g/mol. The lowest BCUT2D eigenvalue weighted by Crippen LogP contribution is -2.37. The van der Waals surface area contributed by atoms with E-state index in [1.807, 2.05) is 0 Å². The van der Waals surface area contributed by atoms with Crippen molar-refractivity contribution in [2.45, 2.75) is 31.5 Å². The molecule has 0 aliphatic heterocycles. The third-order valence-electron chi connectivity index (χ3n) is 3.62. The first-order valence-electron chi connectivity index (χ1n) is 7.49. The fraction of sp³-hybridized carbons (Fsp3) is 0.312. The van der Waals surface area contributed by atoms with Gasteiger partial charge < -0.3 is 0 Å². The van der Waals surface area contributed by atoms with Crippen LogP contribution in [0, 0.1) is 0 Å². The van der Waals surface area contributed by atoms with E-state index in [2.05, 4.69) is 9.97 Å². The summed E-state index contributed by atoms with van der Waals surface area (Å²) >= 11 is 5.81. The van der Waals surface area contributed by atoms with Crippen molar-refractivity contribution < 1.29 is 31.6 Å². The second-order valence-corrected chi connectivity index (χ2v) is 5.77. The normalized spacial score (nSPS) is 14.1. The molecule has 0 saturated carbocycles. The van der Waals surface area contributed by atoms with Crippen LogP contribution >= 0.6 is 11.6 Å². The highest BCUT2D eigenvalue weighted by molar-refractivity contribution is 6.30. The molecule has 27 heavy (non-hydrogen) atoms. The van der Waals surface area contributed by atoms with Crippen LogP contribution in [0.3, 0.4) is 0 Å². The molecule has 0 aliphatic carbocycles. The zero-order valence-electron chi connectivity index (χ0n) is 13.7. The Hall–Kier alpha value is -2.33. The van der Waals surface area contributed by atoms with Crippen LogP contribution in [-0.2, 0) is 11.0 Å². The van der Waals surface area contributed by atoms with Gasteiger partial charge in [-0.25, -0.2) is 19.2 Å². The summed E-state index contributed by atoms with van der Waals surface area (Å²) in [5.74, 6) is -2.42. The lowest BCUT2D eigenvalue weighted by Gasteiger charge is -2.23. The predicted molar refractivity (Wildman–Crippen MR) is 85.2 cm³/mol. The van der Waals surface area contributed by atoms with Crippen LogP contribution in [0.15, 0.2) is 36.7 Å². The minimum Gasteiger partial charge on any atom is -0.267 e. The van der Waals surface area contributed by atoms with Gasteiger partial charge in [0.05, 0.1) is 16.8 Å². The summed E-state index contributed by atoms with van der Waals surface area (Å²) in [5.41, 5.74) is -0.331. The third kappa shape index (κ3) is 5.10. The molecule has 1 amide bonds. The van der Waals surface area contributed by atoms with Crippen LogP contribution in [0.2, 0.25) is 5.15 Å². The van der Waals surface area contributed by atoms with Gasteiger partial charge in [-0.15, -0.1) is 0 Å². The molecule has 0 fully saturated rings. The molecule has 1 aromatic heterocycles. The van der Waals surface area contributed by atoms with Crippen LogP contribution in [0.1, 0.15) is 34.5 Å². The van der Waals surface area contributed by atoms with Crippen LogP contribution in [0.4, 0.5) is 22.0 Å². The third-order valence-corrected chi connectivity index (χ3v) is 3.91. The van der Waals surface area contributed by atoms with Crippen molar-refractivity contribution in [3.05, 3.63) is 58.6 Å². The number of aromatic nitrogens is 2. The molecule has 0 aliphatic rings. The van der Waals surface area contributed by atoms with Gasteiger partial charge in [-0.3, -0.25) is 14.6 Å². The number of halogens is 6. The van der Waals surface area contributed by atoms with Gasteiger partial charge in [0.1, 0.15) is 0 Å². The number of carbonyl (C=O) groups excluding carboxylic acids is 1. The van der Waals surface area contributed by atoms with Gasteiger partial charge in [0.2, 0.25) is 0 Å². The van der Waals surface area contributed by atoms with Gasteiger partial charge in [0.25, 0.3) is 12.3 Å². The van der Waals surface area contributed by atoms with E-state index < -0.39 is 41.7 Å². The minimum atomic E-state index is -4.80. The number of alkyl halides is 5. The van der Waals surface area contributed by atoms with Gasteiger partial charge in [-0.2, -0.15) is 13.2 Å². The van der Waals surface area contributed by atoms with Gasteiger partial charge in [0.15, 0.2) is 11.3 Å². The first-order chi connectivity index (χ1) is 12.6. The van der Waals surface area contributed by atoms with Crippen molar-refractivity contribution in [3.63, 3.8) is 0 Å². The number of rotatable bonds is 6. The average Bonchev–Trinajstić information content (AvgIpc) is 2.61. The number of hydrogen-bond acceptors (Lipinski definition) is 4. The lowest BCUT2D eigenvalue weighted by atomic mass is 10.0. The molecule has 0 saturated heterocycles. The molecule has 1 aromatic carbocycles. The molecule has 11 heteroatoms. The molecule has 2 rings (SSSR count). The Morgan fingerprint density at radius 2 is 1.81 bits per heavy atom. The predicted octanol–water partition coefficient (Wildman–Crippen LogP) is 4.25. The summed E-state index contributed by atoms with van der Waals surface area (Å²) in [6, 6.07) is 3.90. The Labute approximate surface area is 155 Å². The Morgan fingerprint density at radius 1 is 1.19 bits per heavy atom. The molecule has 1 N–H and O–H groups in total. The maximum Gasteiger partial charge on any atom is 0.417 e. The van der Waals surface area contributed by atoms with E-state index in [1.165, 1.54) is 25.4 Å². The summed E-state index contributed by atoms with van der Waals surface area (Å²) in [6.07, 6.45) is -7.31. The number of benzene rings is 1. The fourth-order valence-electron chi connectivity index (χ4n) is 2.27. The van der Waals surface area contributed by atoms with E-state index in [0.29, 0.717) is 6.07 Å². The van der Waals surface area contributed by atoms with E-state index in [4.69, 9.17) is 16.4 Å². The second kappa shape index (κ2) is 8.57. The number of carbonyl (C=O) groups is 1. The summed E-state index contributed by atoms with van der Waals surface area (Å²) in [6.45, 7) is 1.31. The van der Waals surface area contributed by atoms with Gasteiger partial charge >= 0.3 is 6.18 Å². The van der Waals surface area contributed by atoms with Gasteiger partial charge in [-0.1, -0.05) is 30.7 Å². The number of nitrogens with one attached hydrogen (secondary N) is 1. The molecular weight excluding hydrogens is 397 g/mol. The molecule has 2 aromatic rings. The highest BCUT2D eigenvalue weighted by Gasteiger charge is 2.36. The highest BCUT2D eigenvalue weighted by atomic mass is 35.5. The summed E-state index contributed by atoms with van der Waals surface area (Å²) in [4.78, 5) is 24.3. The van der Waals surface area contributed by atoms with Crippen LogP contribution in [0.25, 0.3) is 0 Å². The number of nitrogens with zero attached hydrogens (tertiary/aromatic N) is 2. The highest BCUT2D eigenvalue weighted by Crippen LogP contribution is 2.32. The van der Waals surface area contributed by atoms with Crippen LogP contribution in [0.5, 0.6) is 0 Å². The van der Waals surface area contributed by atoms with Crippen molar-refractivity contribution >= 4 is 17.5 Å². The fourth-order valence-corrected chi connectivity index (χ4v) is 2.55. The molecule has 1 heterocycles. The Morgan fingerprint density at radius 3 is 2.41 bits per heavy atom.